The minimum absolute atomic E-state index is 0.182. The van der Waals surface area contributed by atoms with Crippen LogP contribution in [0.2, 0.25) is 0 Å². The molecule has 2 aromatic rings. The van der Waals surface area contributed by atoms with Gasteiger partial charge in [0.05, 0.1) is 16.7 Å². The number of allylic oxidation sites excluding steroid dienone is 1. The van der Waals surface area contributed by atoms with E-state index in [1.807, 2.05) is 37.3 Å². The molecule has 118 valence electrons. The van der Waals surface area contributed by atoms with Crippen LogP contribution in [0.5, 0.6) is 0 Å². The minimum atomic E-state index is -0.182. The van der Waals surface area contributed by atoms with Crippen molar-refractivity contribution < 1.29 is 0 Å². The highest BCUT2D eigenvalue weighted by atomic mass is 32.1. The quantitative estimate of drug-likeness (QED) is 0.559. The second-order valence-electron chi connectivity index (χ2n) is 4.98. The van der Waals surface area contributed by atoms with E-state index >= 15 is 0 Å². The third kappa shape index (κ3) is 4.70. The van der Waals surface area contributed by atoms with Gasteiger partial charge in [0.15, 0.2) is 0 Å². The lowest BCUT2D eigenvalue weighted by molar-refractivity contribution is 0.987. The summed E-state index contributed by atoms with van der Waals surface area (Å²) >= 11 is 5.17. The largest absolute Gasteiger partial charge is 0.349 e. The lowest BCUT2D eigenvalue weighted by Gasteiger charge is -2.11. The zero-order chi connectivity index (χ0) is 16.8. The van der Waals surface area contributed by atoms with Gasteiger partial charge >= 0.3 is 0 Å². The molecule has 0 bridgehead atoms. The highest BCUT2D eigenvalue weighted by molar-refractivity contribution is 7.80. The molecule has 4 N–H and O–H groups in total. The van der Waals surface area contributed by atoms with Crippen LogP contribution in [0, 0.1) is 0 Å². The number of hydrogen-bond donors (Lipinski definition) is 3. The summed E-state index contributed by atoms with van der Waals surface area (Å²) in [4.78, 5) is 9.21. The molecule has 0 aliphatic heterocycles. The summed E-state index contributed by atoms with van der Waals surface area (Å²) < 4.78 is 0. The predicted molar refractivity (Wildman–Crippen MR) is 100 cm³/mol. The van der Waals surface area contributed by atoms with E-state index < -0.39 is 0 Å². The van der Waals surface area contributed by atoms with Crippen LogP contribution >= 0.6 is 12.2 Å². The van der Waals surface area contributed by atoms with Crippen molar-refractivity contribution in [2.75, 3.05) is 10.6 Å². The van der Waals surface area contributed by atoms with E-state index in [0.717, 1.165) is 16.9 Å². The Morgan fingerprint density at radius 1 is 1.26 bits per heavy atom. The number of hydrogen-bond acceptors (Lipinski definition) is 5. The van der Waals surface area contributed by atoms with Gasteiger partial charge in [-0.2, -0.15) is 0 Å². The summed E-state index contributed by atoms with van der Waals surface area (Å²) in [6.45, 7) is 9.27. The first-order valence-electron chi connectivity index (χ1n) is 7.08. The van der Waals surface area contributed by atoms with E-state index in [4.69, 9.17) is 18.0 Å². The van der Waals surface area contributed by atoms with Crippen LogP contribution in [0.15, 0.2) is 61.5 Å². The first-order chi connectivity index (χ1) is 11.0. The Kier molecular flexibility index (Phi) is 5.56. The molecule has 1 aromatic carbocycles. The number of nitrogens with one attached hydrogen (secondary N) is 2. The number of nitrogens with zero attached hydrogens (tertiary/aromatic N) is 2. The molecule has 1 atom stereocenters. The van der Waals surface area contributed by atoms with Crippen LogP contribution in [0.4, 0.5) is 11.6 Å². The zero-order valence-electron chi connectivity index (χ0n) is 12.9. The molecule has 0 aliphatic rings. The van der Waals surface area contributed by atoms with E-state index in [1.54, 1.807) is 12.3 Å². The molecule has 1 aromatic heterocycles. The summed E-state index contributed by atoms with van der Waals surface area (Å²) in [6, 6.07) is 9.44. The van der Waals surface area contributed by atoms with Crippen molar-refractivity contribution in [3.8, 4) is 11.3 Å². The van der Waals surface area contributed by atoms with Crippen LogP contribution in [0.1, 0.15) is 6.92 Å². The van der Waals surface area contributed by atoms with Gasteiger partial charge in [0.2, 0.25) is 5.95 Å². The fourth-order valence-electron chi connectivity index (χ4n) is 1.75. The average Bonchev–Trinajstić information content (AvgIpc) is 2.55. The normalized spacial score (nSPS) is 11.4. The summed E-state index contributed by atoms with van der Waals surface area (Å²) in [5, 5.41) is 6.08. The molecular formula is C17H19N5S. The van der Waals surface area contributed by atoms with Crippen LogP contribution in [-0.4, -0.2) is 21.0 Å². The van der Waals surface area contributed by atoms with Gasteiger partial charge in [-0.25, -0.2) is 9.97 Å². The van der Waals surface area contributed by atoms with Crippen LogP contribution in [-0.2, 0) is 0 Å². The Bertz CT molecular complexity index is 722. The van der Waals surface area contributed by atoms with Gasteiger partial charge in [-0.05, 0) is 31.2 Å². The Balaban J connectivity index is 2.16. The van der Waals surface area contributed by atoms with E-state index in [2.05, 4.69) is 33.8 Å². The molecule has 1 unspecified atom stereocenters. The highest BCUT2D eigenvalue weighted by Crippen LogP contribution is 2.20. The van der Waals surface area contributed by atoms with Crippen molar-refractivity contribution in [3.05, 3.63) is 61.5 Å². The number of rotatable bonds is 6. The van der Waals surface area contributed by atoms with E-state index in [0.29, 0.717) is 16.6 Å². The summed E-state index contributed by atoms with van der Waals surface area (Å²) in [6.07, 6.45) is 3.30. The van der Waals surface area contributed by atoms with E-state index in [1.165, 1.54) is 0 Å². The maximum Gasteiger partial charge on any atom is 0.227 e. The molecule has 0 spiro atoms. The second-order valence-corrected chi connectivity index (χ2v) is 5.41. The lowest BCUT2D eigenvalue weighted by atomic mass is 10.1. The molecule has 6 heteroatoms. The lowest BCUT2D eigenvalue weighted by Crippen LogP contribution is -2.30. The highest BCUT2D eigenvalue weighted by Gasteiger charge is 2.05. The monoisotopic (exact) mass is 325 g/mol. The Morgan fingerprint density at radius 2 is 1.96 bits per heavy atom. The molecule has 0 saturated carbocycles. The number of benzene rings is 1. The molecule has 2 rings (SSSR count). The van der Waals surface area contributed by atoms with Crippen molar-refractivity contribution >= 4 is 28.8 Å². The first-order valence-corrected chi connectivity index (χ1v) is 7.48. The van der Waals surface area contributed by atoms with Gasteiger partial charge in [-0.1, -0.05) is 37.5 Å². The molecule has 0 amide bonds. The molecule has 0 radical (unpaired) electrons. The zero-order valence-corrected chi connectivity index (χ0v) is 13.7. The number of thiocarbonyl (C=S) groups is 1. The van der Waals surface area contributed by atoms with Crippen LogP contribution < -0.4 is 16.4 Å². The predicted octanol–water partition coefficient (Wildman–Crippen LogP) is 3.34. The minimum Gasteiger partial charge on any atom is -0.349 e. The van der Waals surface area contributed by atoms with Crippen molar-refractivity contribution in [1.82, 2.24) is 9.97 Å². The first kappa shape index (κ1) is 16.8. The summed E-state index contributed by atoms with van der Waals surface area (Å²) in [7, 11) is 0. The van der Waals surface area contributed by atoms with Gasteiger partial charge in [0.1, 0.15) is 0 Å². The van der Waals surface area contributed by atoms with Crippen molar-refractivity contribution in [1.29, 1.82) is 0 Å². The van der Waals surface area contributed by atoms with Gasteiger partial charge in [-0.15, -0.1) is 0 Å². The van der Waals surface area contributed by atoms with Gasteiger partial charge in [-0.3, -0.25) is 0 Å². The van der Waals surface area contributed by atoms with Crippen molar-refractivity contribution in [2.24, 2.45) is 5.73 Å². The Morgan fingerprint density at radius 3 is 2.57 bits per heavy atom. The van der Waals surface area contributed by atoms with Gasteiger partial charge < -0.3 is 16.4 Å². The molecule has 0 aliphatic carbocycles. The topological polar surface area (TPSA) is 75.9 Å². The number of nitrogens with two attached hydrogens (primary N) is 1. The second kappa shape index (κ2) is 7.62. The fraction of sp³-hybridized carbons (Fsp3) is 0.118. The van der Waals surface area contributed by atoms with Gasteiger partial charge in [0.25, 0.3) is 0 Å². The SMILES string of the molecule is C=CC(=C)Nc1nccc(-c2ccc(NC(=S)C(C)N)cc2)n1. The number of aromatic nitrogens is 2. The van der Waals surface area contributed by atoms with Gasteiger partial charge in [0, 0.05) is 23.1 Å². The molecule has 1 heterocycles. The third-order valence-corrected chi connectivity index (χ3v) is 3.51. The molecule has 0 saturated heterocycles. The van der Waals surface area contributed by atoms with E-state index in [9.17, 15) is 0 Å². The average molecular weight is 325 g/mol. The Hall–Kier alpha value is -2.57. The molecule has 5 nitrogen and oxygen atoms in total. The van der Waals surface area contributed by atoms with E-state index in [-0.39, 0.29) is 6.04 Å². The summed E-state index contributed by atoms with van der Waals surface area (Å²) in [5.41, 5.74) is 9.04. The maximum atomic E-state index is 5.73. The maximum absolute atomic E-state index is 5.73. The van der Waals surface area contributed by atoms with Crippen molar-refractivity contribution in [2.45, 2.75) is 13.0 Å². The van der Waals surface area contributed by atoms with Crippen LogP contribution in [0.25, 0.3) is 11.3 Å². The summed E-state index contributed by atoms with van der Waals surface area (Å²) in [5.74, 6) is 0.479. The smallest absolute Gasteiger partial charge is 0.227 e. The Labute approximate surface area is 141 Å². The number of anilines is 2. The molecular weight excluding hydrogens is 306 g/mol. The van der Waals surface area contributed by atoms with Crippen molar-refractivity contribution in [3.63, 3.8) is 0 Å². The molecule has 0 fully saturated rings. The molecule has 23 heavy (non-hydrogen) atoms. The fourth-order valence-corrected chi connectivity index (χ4v) is 1.87. The third-order valence-electron chi connectivity index (χ3n) is 3.04. The standard InChI is InChI=1S/C17H19N5S/c1-4-11(2)20-17-19-10-9-15(22-17)13-5-7-14(8-6-13)21-16(23)12(3)18/h4-10,12H,1-2,18H2,3H3,(H,21,23)(H,19,20,22). The van der Waals surface area contributed by atoms with Crippen LogP contribution in [0.3, 0.4) is 0 Å².